The highest BCUT2D eigenvalue weighted by atomic mass is 19.2. The molecule has 0 fully saturated rings. The number of nitrogens with zero attached hydrogens (tertiary/aromatic N) is 6. The van der Waals surface area contributed by atoms with E-state index in [2.05, 4.69) is 29.9 Å². The van der Waals surface area contributed by atoms with E-state index in [1.807, 2.05) is 13.8 Å². The van der Waals surface area contributed by atoms with E-state index < -0.39 is 40.7 Å². The number of hydrogen-bond donors (Lipinski definition) is 0. The Kier molecular flexibility index (Phi) is 8.88. The number of hydrogen-bond acceptors (Lipinski definition) is 6. The first-order valence-electron chi connectivity index (χ1n) is 13.0. The maximum atomic E-state index is 14.2. The molecule has 0 saturated carbocycles. The molecule has 0 saturated heterocycles. The Bertz CT molecular complexity index is 1980. The zero-order valence-corrected chi connectivity index (χ0v) is 23.3. The van der Waals surface area contributed by atoms with Crippen LogP contribution in [0.5, 0.6) is 0 Å². The summed E-state index contributed by atoms with van der Waals surface area (Å²) in [6, 6.07) is 6.80. The molecule has 226 valence electrons. The van der Waals surface area contributed by atoms with Crippen molar-refractivity contribution >= 4 is 0 Å². The first-order chi connectivity index (χ1) is 21.5. The highest BCUT2D eigenvalue weighted by molar-refractivity contribution is 5.65. The Morgan fingerprint density at radius 3 is 1.20 bits per heavy atom. The van der Waals surface area contributed by atoms with E-state index in [0.29, 0.717) is 29.1 Å². The highest BCUT2D eigenvalue weighted by Crippen LogP contribution is 2.27. The molecule has 0 atom stereocenters. The fourth-order valence-electron chi connectivity index (χ4n) is 3.96. The normalized spacial score (nSPS) is 10.8. The number of halogens is 7. The zero-order valence-electron chi connectivity index (χ0n) is 23.3. The van der Waals surface area contributed by atoms with Crippen LogP contribution in [0.15, 0.2) is 79.6 Å². The van der Waals surface area contributed by atoms with Gasteiger partial charge in [-0.25, -0.2) is 50.7 Å². The van der Waals surface area contributed by atoms with Gasteiger partial charge in [0.05, 0.1) is 0 Å². The van der Waals surface area contributed by atoms with Crippen molar-refractivity contribution in [3.63, 3.8) is 0 Å². The van der Waals surface area contributed by atoms with Crippen molar-refractivity contribution in [2.45, 2.75) is 13.8 Å². The lowest BCUT2D eigenvalue weighted by molar-refractivity contribution is 0.447. The molecule has 6 rings (SSSR count). The fraction of sp³-hybridized carbons (Fsp3) is 0.0625. The number of aryl methyl sites for hydroxylation is 2. The van der Waals surface area contributed by atoms with Crippen LogP contribution in [0, 0.1) is 54.6 Å². The van der Waals surface area contributed by atoms with Gasteiger partial charge in [0.25, 0.3) is 0 Å². The molecule has 0 N–H and O–H groups in total. The van der Waals surface area contributed by atoms with E-state index in [1.165, 1.54) is 24.5 Å². The summed E-state index contributed by atoms with van der Waals surface area (Å²) in [5.74, 6) is -7.35. The smallest absolute Gasteiger partial charge is 0.194 e. The molecule has 0 aliphatic heterocycles. The average molecular weight is 621 g/mol. The summed E-state index contributed by atoms with van der Waals surface area (Å²) in [6.45, 7) is 3.65. The van der Waals surface area contributed by atoms with Gasteiger partial charge in [-0.1, -0.05) is 0 Å². The van der Waals surface area contributed by atoms with Gasteiger partial charge in [-0.3, -0.25) is 9.97 Å². The van der Waals surface area contributed by atoms with Gasteiger partial charge >= 0.3 is 0 Å². The average Bonchev–Trinajstić information content (AvgIpc) is 3.02. The zero-order chi connectivity index (χ0) is 32.2. The molecule has 6 aromatic rings. The third kappa shape index (κ3) is 6.98. The lowest BCUT2D eigenvalue weighted by atomic mass is 10.1. The summed E-state index contributed by atoms with van der Waals surface area (Å²) in [5, 5.41) is 0. The van der Waals surface area contributed by atoms with Gasteiger partial charge in [0, 0.05) is 59.4 Å². The summed E-state index contributed by atoms with van der Waals surface area (Å²) in [6.07, 6.45) is 9.04. The number of rotatable bonds is 4. The third-order valence-corrected chi connectivity index (χ3v) is 6.21. The molecule has 0 radical (unpaired) electrons. The van der Waals surface area contributed by atoms with Crippen LogP contribution in [0.4, 0.5) is 30.7 Å². The maximum absolute atomic E-state index is 14.2. The van der Waals surface area contributed by atoms with Gasteiger partial charge in [-0.05, 0) is 67.4 Å². The Labute approximate surface area is 251 Å². The quantitative estimate of drug-likeness (QED) is 0.147. The van der Waals surface area contributed by atoms with Crippen LogP contribution in [0.1, 0.15) is 11.1 Å². The number of benzene rings is 2. The fourth-order valence-corrected chi connectivity index (χ4v) is 3.96. The second-order valence-electron chi connectivity index (χ2n) is 9.66. The monoisotopic (exact) mass is 620 g/mol. The topological polar surface area (TPSA) is 77.3 Å². The van der Waals surface area contributed by atoms with Crippen molar-refractivity contribution in [2.75, 3.05) is 0 Å². The minimum absolute atomic E-state index is 0.0604. The van der Waals surface area contributed by atoms with Crippen LogP contribution in [0.25, 0.3) is 45.3 Å². The third-order valence-electron chi connectivity index (χ3n) is 6.21. The van der Waals surface area contributed by atoms with Gasteiger partial charge < -0.3 is 0 Å². The molecule has 0 bridgehead atoms. The largest absolute Gasteiger partial charge is 0.252 e. The van der Waals surface area contributed by atoms with E-state index in [0.717, 1.165) is 29.3 Å². The molecule has 2 aromatic carbocycles. The predicted octanol–water partition coefficient (Wildman–Crippen LogP) is 8.00. The lowest BCUT2D eigenvalue weighted by Gasteiger charge is -2.06. The summed E-state index contributed by atoms with van der Waals surface area (Å²) < 4.78 is 94.0. The number of aromatic nitrogens is 6. The molecule has 0 aliphatic rings. The predicted molar refractivity (Wildman–Crippen MR) is 151 cm³/mol. The second-order valence-corrected chi connectivity index (χ2v) is 9.66. The van der Waals surface area contributed by atoms with E-state index >= 15 is 0 Å². The summed E-state index contributed by atoms with van der Waals surface area (Å²) in [4.78, 5) is 24.1. The summed E-state index contributed by atoms with van der Waals surface area (Å²) in [7, 11) is 0. The van der Waals surface area contributed by atoms with Gasteiger partial charge in [-0.2, -0.15) is 0 Å². The van der Waals surface area contributed by atoms with Crippen molar-refractivity contribution in [2.24, 2.45) is 0 Å². The van der Waals surface area contributed by atoms with E-state index in [4.69, 9.17) is 0 Å². The van der Waals surface area contributed by atoms with Crippen molar-refractivity contribution in [1.29, 1.82) is 0 Å². The van der Waals surface area contributed by atoms with Crippen LogP contribution in [-0.2, 0) is 0 Å². The summed E-state index contributed by atoms with van der Waals surface area (Å²) in [5.41, 5.74) is 2.06. The van der Waals surface area contributed by atoms with Crippen molar-refractivity contribution in [3.05, 3.63) is 131 Å². The van der Waals surface area contributed by atoms with E-state index in [9.17, 15) is 30.7 Å². The standard InChI is InChI=1S/C16H9F4N3.C16H10F3N3/c1-8-5-22-16(23-6-8)10-4-13(19)15(21-7-10)9-2-11(17)14(20)12(18)3-9;1-9-6-21-16(22-7-9)11-5-14(19)15(20-8-11)10-2-3-12(17)13(18)4-10/h2-7H,1H3;2-8H,1H3. The molecule has 4 aromatic heterocycles. The first-order valence-corrected chi connectivity index (χ1v) is 13.0. The molecular formula is C32H19F7N6. The van der Waals surface area contributed by atoms with Crippen LogP contribution in [0.2, 0.25) is 0 Å². The molecule has 6 nitrogen and oxygen atoms in total. The van der Waals surface area contributed by atoms with Crippen molar-refractivity contribution < 1.29 is 30.7 Å². The van der Waals surface area contributed by atoms with Gasteiger partial charge in [0.15, 0.2) is 40.7 Å². The summed E-state index contributed by atoms with van der Waals surface area (Å²) >= 11 is 0. The second kappa shape index (κ2) is 13.0. The minimum Gasteiger partial charge on any atom is -0.252 e. The van der Waals surface area contributed by atoms with E-state index in [1.54, 1.807) is 24.8 Å². The molecule has 4 heterocycles. The highest BCUT2D eigenvalue weighted by Gasteiger charge is 2.16. The number of pyridine rings is 2. The molecule has 0 amide bonds. The Balaban J connectivity index is 0.000000178. The Morgan fingerprint density at radius 1 is 0.378 bits per heavy atom. The molecule has 0 unspecified atom stereocenters. The molecule has 13 heteroatoms. The SMILES string of the molecule is Cc1cnc(-c2cnc(-c3cc(F)c(F)c(F)c3)c(F)c2)nc1.Cc1cnc(-c2cnc(-c3ccc(F)c(F)c3)c(F)c2)nc1. The molecule has 45 heavy (non-hydrogen) atoms. The van der Waals surface area contributed by atoms with Crippen LogP contribution in [-0.4, -0.2) is 29.9 Å². The van der Waals surface area contributed by atoms with Gasteiger partial charge in [-0.15, -0.1) is 0 Å². The Morgan fingerprint density at radius 2 is 0.778 bits per heavy atom. The van der Waals surface area contributed by atoms with Crippen LogP contribution < -0.4 is 0 Å². The van der Waals surface area contributed by atoms with Crippen LogP contribution in [0.3, 0.4) is 0 Å². The first kappa shape index (κ1) is 30.9. The maximum Gasteiger partial charge on any atom is 0.194 e. The van der Waals surface area contributed by atoms with Crippen molar-refractivity contribution in [1.82, 2.24) is 29.9 Å². The van der Waals surface area contributed by atoms with Gasteiger partial charge in [0.2, 0.25) is 0 Å². The van der Waals surface area contributed by atoms with Crippen LogP contribution >= 0.6 is 0 Å². The molecule has 0 aliphatic carbocycles. The Hall–Kier alpha value is -5.59. The lowest BCUT2D eigenvalue weighted by Crippen LogP contribution is -1.97. The molecule has 0 spiro atoms. The van der Waals surface area contributed by atoms with E-state index in [-0.39, 0.29) is 28.3 Å². The van der Waals surface area contributed by atoms with Gasteiger partial charge in [0.1, 0.15) is 23.0 Å². The molecular weight excluding hydrogens is 601 g/mol. The minimum atomic E-state index is -1.61. The van der Waals surface area contributed by atoms with Crippen molar-refractivity contribution in [3.8, 4) is 45.3 Å².